The predicted molar refractivity (Wildman–Crippen MR) is 65.3 cm³/mol. The van der Waals surface area contributed by atoms with Gasteiger partial charge < -0.3 is 15.1 Å². The Bertz CT molecular complexity index is 478. The molecule has 0 aliphatic heterocycles. The molecule has 0 spiro atoms. The van der Waals surface area contributed by atoms with Gasteiger partial charge >= 0.3 is 5.97 Å². The van der Waals surface area contributed by atoms with Crippen molar-refractivity contribution in [3.8, 4) is 0 Å². The van der Waals surface area contributed by atoms with Crippen molar-refractivity contribution in [2.24, 2.45) is 5.92 Å². The molecular weight excluding hydrogens is 256 g/mol. The molecule has 0 radical (unpaired) electrons. The molecule has 0 unspecified atom stereocenters. The van der Waals surface area contributed by atoms with Crippen molar-refractivity contribution in [2.45, 2.75) is 18.9 Å². The number of aromatic carboxylic acids is 1. The predicted octanol–water partition coefficient (Wildman–Crippen LogP) is 1.87. The number of benzene rings is 1. The summed E-state index contributed by atoms with van der Waals surface area (Å²) in [7, 11) is 1.55. The van der Waals surface area contributed by atoms with Crippen LogP contribution in [0, 0.1) is 17.6 Å². The molecule has 1 aromatic rings. The molecule has 0 aromatic heterocycles. The minimum absolute atomic E-state index is 0.206. The Morgan fingerprint density at radius 2 is 1.89 bits per heavy atom. The van der Waals surface area contributed by atoms with E-state index in [1.807, 2.05) is 0 Å². The second kappa shape index (κ2) is 5.13. The molecule has 1 aliphatic carbocycles. The summed E-state index contributed by atoms with van der Waals surface area (Å²) in [6, 6.07) is 1.62. The highest BCUT2D eigenvalue weighted by molar-refractivity contribution is 5.88. The third-order valence-corrected chi connectivity index (χ3v) is 3.39. The van der Waals surface area contributed by atoms with E-state index in [2.05, 4.69) is 0 Å². The molecule has 0 heterocycles. The van der Waals surface area contributed by atoms with Gasteiger partial charge in [-0.25, -0.2) is 13.6 Å². The lowest BCUT2D eigenvalue weighted by Gasteiger charge is -2.35. The summed E-state index contributed by atoms with van der Waals surface area (Å²) >= 11 is 0. The number of hydrogen-bond donors (Lipinski definition) is 2. The van der Waals surface area contributed by atoms with Crippen molar-refractivity contribution in [3.63, 3.8) is 0 Å². The van der Waals surface area contributed by atoms with Crippen LogP contribution < -0.4 is 4.90 Å². The van der Waals surface area contributed by atoms with Crippen molar-refractivity contribution in [1.82, 2.24) is 0 Å². The molecule has 6 heteroatoms. The molecule has 19 heavy (non-hydrogen) atoms. The summed E-state index contributed by atoms with van der Waals surface area (Å²) in [6.45, 7) is 0.428. The van der Waals surface area contributed by atoms with E-state index in [0.717, 1.165) is 12.1 Å². The van der Waals surface area contributed by atoms with Crippen molar-refractivity contribution in [1.29, 1.82) is 0 Å². The van der Waals surface area contributed by atoms with E-state index in [1.54, 1.807) is 7.05 Å². The van der Waals surface area contributed by atoms with E-state index in [-0.39, 0.29) is 17.7 Å². The standard InChI is InChI=1S/C13H15F2NO3/c1-16(6-7-2-9(17)3-7)12-10(14)4-8(13(18)19)5-11(12)15/h4-5,7,9,17H,2-3,6H2,1H3,(H,18,19). The number of carboxylic acid groups (broad SMARTS) is 1. The van der Waals surface area contributed by atoms with Crippen LogP contribution in [0.3, 0.4) is 0 Å². The van der Waals surface area contributed by atoms with E-state index in [1.165, 1.54) is 4.90 Å². The van der Waals surface area contributed by atoms with Gasteiger partial charge in [-0.05, 0) is 30.9 Å². The zero-order valence-corrected chi connectivity index (χ0v) is 10.4. The average Bonchev–Trinajstić information content (AvgIpc) is 2.25. The molecule has 0 amide bonds. The number of rotatable bonds is 4. The van der Waals surface area contributed by atoms with E-state index < -0.39 is 23.2 Å². The zero-order chi connectivity index (χ0) is 14.2. The number of carboxylic acids is 1. The molecule has 2 rings (SSSR count). The third kappa shape index (κ3) is 2.84. The van der Waals surface area contributed by atoms with Gasteiger partial charge in [-0.1, -0.05) is 0 Å². The molecule has 0 atom stereocenters. The van der Waals surface area contributed by atoms with Crippen molar-refractivity contribution >= 4 is 11.7 Å². The van der Waals surface area contributed by atoms with Crippen LogP contribution >= 0.6 is 0 Å². The Morgan fingerprint density at radius 1 is 1.37 bits per heavy atom. The minimum atomic E-state index is -1.37. The lowest BCUT2D eigenvalue weighted by atomic mass is 9.82. The number of nitrogens with zero attached hydrogens (tertiary/aromatic N) is 1. The van der Waals surface area contributed by atoms with E-state index in [4.69, 9.17) is 5.11 Å². The fraction of sp³-hybridized carbons (Fsp3) is 0.462. The van der Waals surface area contributed by atoms with Crippen LogP contribution in [0.2, 0.25) is 0 Å². The molecule has 1 fully saturated rings. The molecule has 0 saturated heterocycles. The summed E-state index contributed by atoms with van der Waals surface area (Å²) in [5.41, 5.74) is -0.641. The second-order valence-corrected chi connectivity index (χ2v) is 4.97. The lowest BCUT2D eigenvalue weighted by molar-refractivity contribution is 0.0463. The largest absolute Gasteiger partial charge is 0.478 e. The second-order valence-electron chi connectivity index (χ2n) is 4.97. The maximum atomic E-state index is 13.8. The van der Waals surface area contributed by atoms with Crippen LogP contribution in [0.5, 0.6) is 0 Å². The first-order valence-electron chi connectivity index (χ1n) is 6.00. The van der Waals surface area contributed by atoms with Gasteiger partial charge in [0.1, 0.15) is 17.3 Å². The van der Waals surface area contributed by atoms with Crippen LogP contribution in [-0.4, -0.2) is 35.9 Å². The van der Waals surface area contributed by atoms with E-state index in [0.29, 0.717) is 19.4 Å². The molecule has 4 nitrogen and oxygen atoms in total. The fourth-order valence-electron chi connectivity index (χ4n) is 2.38. The highest BCUT2D eigenvalue weighted by Crippen LogP contribution is 2.31. The SMILES string of the molecule is CN(CC1CC(O)C1)c1c(F)cc(C(=O)O)cc1F. The van der Waals surface area contributed by atoms with Gasteiger partial charge in [-0.2, -0.15) is 0 Å². The van der Waals surface area contributed by atoms with Gasteiger partial charge in [-0.15, -0.1) is 0 Å². The Labute approximate surface area is 109 Å². The Morgan fingerprint density at radius 3 is 2.32 bits per heavy atom. The smallest absolute Gasteiger partial charge is 0.335 e. The Kier molecular flexibility index (Phi) is 3.71. The van der Waals surface area contributed by atoms with Crippen LogP contribution in [0.25, 0.3) is 0 Å². The summed E-state index contributed by atoms with van der Waals surface area (Å²) in [5.74, 6) is -2.94. The Balaban J connectivity index is 2.17. The Hall–Kier alpha value is -1.69. The van der Waals surface area contributed by atoms with E-state index in [9.17, 15) is 18.7 Å². The van der Waals surface area contributed by atoms with Crippen molar-refractivity contribution < 1.29 is 23.8 Å². The van der Waals surface area contributed by atoms with Gasteiger partial charge in [0.05, 0.1) is 11.7 Å². The van der Waals surface area contributed by atoms with E-state index >= 15 is 0 Å². The zero-order valence-electron chi connectivity index (χ0n) is 10.4. The quantitative estimate of drug-likeness (QED) is 0.877. The highest BCUT2D eigenvalue weighted by Gasteiger charge is 2.29. The normalized spacial score (nSPS) is 21.9. The minimum Gasteiger partial charge on any atom is -0.478 e. The molecule has 104 valence electrons. The van der Waals surface area contributed by atoms with Crippen LogP contribution in [0.1, 0.15) is 23.2 Å². The lowest BCUT2D eigenvalue weighted by Crippen LogP contribution is -2.37. The average molecular weight is 271 g/mol. The number of aliphatic hydroxyl groups is 1. The first-order valence-corrected chi connectivity index (χ1v) is 6.00. The van der Waals surface area contributed by atoms with Gasteiger partial charge in [-0.3, -0.25) is 0 Å². The first kappa shape index (κ1) is 13.7. The number of carbonyl (C=O) groups is 1. The maximum Gasteiger partial charge on any atom is 0.335 e. The number of halogens is 2. The maximum absolute atomic E-state index is 13.8. The molecular formula is C13H15F2NO3. The molecule has 1 saturated carbocycles. The number of anilines is 1. The summed E-state index contributed by atoms with van der Waals surface area (Å²) in [4.78, 5) is 12.1. The fourth-order valence-corrected chi connectivity index (χ4v) is 2.38. The monoisotopic (exact) mass is 271 g/mol. The highest BCUT2D eigenvalue weighted by atomic mass is 19.1. The summed E-state index contributed by atoms with van der Waals surface area (Å²) in [5, 5.41) is 17.9. The summed E-state index contributed by atoms with van der Waals surface area (Å²) < 4.78 is 27.6. The topological polar surface area (TPSA) is 60.8 Å². The first-order chi connectivity index (χ1) is 8.88. The summed E-state index contributed by atoms with van der Waals surface area (Å²) in [6.07, 6.45) is 0.934. The number of hydrogen-bond acceptors (Lipinski definition) is 3. The molecule has 0 bridgehead atoms. The molecule has 1 aliphatic rings. The van der Waals surface area contributed by atoms with Gasteiger partial charge in [0.25, 0.3) is 0 Å². The van der Waals surface area contributed by atoms with Gasteiger partial charge in [0.15, 0.2) is 0 Å². The molecule has 2 N–H and O–H groups in total. The van der Waals surface area contributed by atoms with Crippen LogP contribution in [0.15, 0.2) is 12.1 Å². The number of aliphatic hydroxyl groups excluding tert-OH is 1. The van der Waals surface area contributed by atoms with Gasteiger partial charge in [0, 0.05) is 13.6 Å². The third-order valence-electron chi connectivity index (χ3n) is 3.39. The van der Waals surface area contributed by atoms with Crippen LogP contribution in [-0.2, 0) is 0 Å². The van der Waals surface area contributed by atoms with Crippen LogP contribution in [0.4, 0.5) is 14.5 Å². The van der Waals surface area contributed by atoms with Crippen molar-refractivity contribution in [3.05, 3.63) is 29.3 Å². The van der Waals surface area contributed by atoms with Gasteiger partial charge in [0.2, 0.25) is 0 Å². The van der Waals surface area contributed by atoms with Crippen molar-refractivity contribution in [2.75, 3.05) is 18.5 Å². The molecule has 1 aromatic carbocycles.